The van der Waals surface area contributed by atoms with Crippen molar-refractivity contribution in [2.75, 3.05) is 0 Å². The third kappa shape index (κ3) is 2.10. The van der Waals surface area contributed by atoms with Crippen molar-refractivity contribution in [2.24, 2.45) is 5.92 Å². The van der Waals surface area contributed by atoms with Gasteiger partial charge in [-0.3, -0.25) is 0 Å². The van der Waals surface area contributed by atoms with E-state index in [1.807, 2.05) is 0 Å². The third-order valence-electron chi connectivity index (χ3n) is 2.41. The van der Waals surface area contributed by atoms with Crippen LogP contribution < -0.4 is 0 Å². The molecule has 0 bridgehead atoms. The van der Waals surface area contributed by atoms with E-state index in [2.05, 4.69) is 46.3 Å². The van der Waals surface area contributed by atoms with E-state index < -0.39 is 0 Å². The summed E-state index contributed by atoms with van der Waals surface area (Å²) in [4.78, 5) is 0.708. The van der Waals surface area contributed by atoms with Gasteiger partial charge in [0.1, 0.15) is 0 Å². The first-order valence-electron chi connectivity index (χ1n) is 4.54. The lowest BCUT2D eigenvalue weighted by molar-refractivity contribution is 0.761. The van der Waals surface area contributed by atoms with E-state index in [4.69, 9.17) is 0 Å². The van der Waals surface area contributed by atoms with Crippen molar-refractivity contribution in [1.29, 1.82) is 0 Å². The molecule has 0 radical (unpaired) electrons. The Labute approximate surface area is 82.1 Å². The van der Waals surface area contributed by atoms with Gasteiger partial charge in [-0.25, -0.2) is 0 Å². The van der Waals surface area contributed by atoms with Gasteiger partial charge in [-0.1, -0.05) is 46.3 Å². The molecule has 1 aromatic rings. The maximum absolute atomic E-state index is 3.74. The molecule has 2 rings (SSSR count). The summed E-state index contributed by atoms with van der Waals surface area (Å²) in [5, 5.41) is 0. The molecule has 1 heteroatoms. The molecule has 0 aromatic heterocycles. The van der Waals surface area contributed by atoms with Crippen LogP contribution >= 0.6 is 15.9 Å². The number of alkyl halides is 1. The molecule has 0 unspecified atom stereocenters. The Morgan fingerprint density at radius 1 is 1.25 bits per heavy atom. The highest BCUT2D eigenvalue weighted by molar-refractivity contribution is 9.09. The van der Waals surface area contributed by atoms with Gasteiger partial charge in [-0.15, -0.1) is 0 Å². The summed E-state index contributed by atoms with van der Waals surface area (Å²) in [5.74, 6) is 0.949. The van der Waals surface area contributed by atoms with E-state index in [1.165, 1.54) is 24.8 Å². The molecular formula is C11H13Br. The average Bonchev–Trinajstić information content (AvgIpc) is 2.88. The zero-order valence-electron chi connectivity index (χ0n) is 7.04. The van der Waals surface area contributed by atoms with Crippen molar-refractivity contribution >= 4 is 15.9 Å². The van der Waals surface area contributed by atoms with E-state index in [-0.39, 0.29) is 0 Å². The normalized spacial score (nSPS) is 19.1. The van der Waals surface area contributed by atoms with Gasteiger partial charge in [0.15, 0.2) is 0 Å². The van der Waals surface area contributed by atoms with Gasteiger partial charge in [0.25, 0.3) is 0 Å². The molecule has 1 atom stereocenters. The standard InChI is InChI=1S/C11H13Br/c12-11(10-6-7-10)8-9-4-2-1-3-5-9/h1-5,10-11H,6-8H2/t11-/m1/s1. The second-order valence-corrected chi connectivity index (χ2v) is 4.72. The maximum Gasteiger partial charge on any atom is 0.0214 e. The Balaban J connectivity index is 1.94. The van der Waals surface area contributed by atoms with Crippen LogP contribution in [0.1, 0.15) is 18.4 Å². The molecule has 12 heavy (non-hydrogen) atoms. The highest BCUT2D eigenvalue weighted by atomic mass is 79.9. The Kier molecular flexibility index (Phi) is 2.50. The monoisotopic (exact) mass is 224 g/mol. The van der Waals surface area contributed by atoms with Crippen LogP contribution in [0.5, 0.6) is 0 Å². The minimum Gasteiger partial charge on any atom is -0.0884 e. The quantitative estimate of drug-likeness (QED) is 0.691. The van der Waals surface area contributed by atoms with Gasteiger partial charge in [-0.2, -0.15) is 0 Å². The molecule has 64 valence electrons. The summed E-state index contributed by atoms with van der Waals surface area (Å²) in [7, 11) is 0. The van der Waals surface area contributed by atoms with Crippen molar-refractivity contribution in [3.8, 4) is 0 Å². The van der Waals surface area contributed by atoms with Gasteiger partial charge in [0.05, 0.1) is 0 Å². The fourth-order valence-electron chi connectivity index (χ4n) is 1.46. The van der Waals surface area contributed by atoms with Crippen LogP contribution in [0.25, 0.3) is 0 Å². The van der Waals surface area contributed by atoms with Crippen LogP contribution in [-0.4, -0.2) is 4.83 Å². The number of benzene rings is 1. The van der Waals surface area contributed by atoms with E-state index >= 15 is 0 Å². The first-order valence-corrected chi connectivity index (χ1v) is 5.46. The molecule has 0 nitrogen and oxygen atoms in total. The van der Waals surface area contributed by atoms with E-state index in [0.717, 1.165) is 5.92 Å². The minimum atomic E-state index is 0.708. The Bertz CT molecular complexity index is 238. The SMILES string of the molecule is Br[C@H](Cc1ccccc1)C1CC1. The van der Waals surface area contributed by atoms with Crippen LogP contribution in [-0.2, 0) is 6.42 Å². The zero-order chi connectivity index (χ0) is 8.39. The summed E-state index contributed by atoms with van der Waals surface area (Å²) in [6, 6.07) is 10.7. The third-order valence-corrected chi connectivity index (χ3v) is 3.48. The van der Waals surface area contributed by atoms with Gasteiger partial charge in [0.2, 0.25) is 0 Å². The molecule has 1 aliphatic carbocycles. The lowest BCUT2D eigenvalue weighted by Crippen LogP contribution is -2.04. The van der Waals surface area contributed by atoms with Gasteiger partial charge in [0, 0.05) is 4.83 Å². The first kappa shape index (κ1) is 8.31. The molecule has 1 saturated carbocycles. The van der Waals surface area contributed by atoms with E-state index in [0.29, 0.717) is 4.83 Å². The molecule has 1 aliphatic rings. The van der Waals surface area contributed by atoms with Crippen molar-refractivity contribution < 1.29 is 0 Å². The van der Waals surface area contributed by atoms with E-state index in [9.17, 15) is 0 Å². The van der Waals surface area contributed by atoms with Crippen LogP contribution in [0.2, 0.25) is 0 Å². The Hall–Kier alpha value is -0.300. The van der Waals surface area contributed by atoms with Crippen LogP contribution in [0.4, 0.5) is 0 Å². The molecule has 0 N–H and O–H groups in total. The largest absolute Gasteiger partial charge is 0.0884 e. The number of hydrogen-bond acceptors (Lipinski definition) is 0. The summed E-state index contributed by atoms with van der Waals surface area (Å²) in [5.41, 5.74) is 1.45. The second-order valence-electron chi connectivity index (χ2n) is 3.54. The predicted molar refractivity (Wildman–Crippen MR) is 55.6 cm³/mol. The van der Waals surface area contributed by atoms with Crippen molar-refractivity contribution in [2.45, 2.75) is 24.1 Å². The highest BCUT2D eigenvalue weighted by Gasteiger charge is 2.28. The fraction of sp³-hybridized carbons (Fsp3) is 0.455. The lowest BCUT2D eigenvalue weighted by Gasteiger charge is -2.06. The lowest BCUT2D eigenvalue weighted by atomic mass is 10.1. The van der Waals surface area contributed by atoms with Gasteiger partial charge in [-0.05, 0) is 30.7 Å². The van der Waals surface area contributed by atoms with Gasteiger partial charge >= 0.3 is 0 Å². The first-order chi connectivity index (χ1) is 5.86. The highest BCUT2D eigenvalue weighted by Crippen LogP contribution is 2.38. The summed E-state index contributed by atoms with van der Waals surface area (Å²) in [6.07, 6.45) is 4.02. The summed E-state index contributed by atoms with van der Waals surface area (Å²) >= 11 is 3.74. The molecular weight excluding hydrogens is 212 g/mol. The smallest absolute Gasteiger partial charge is 0.0214 e. The van der Waals surface area contributed by atoms with Crippen molar-refractivity contribution in [3.63, 3.8) is 0 Å². The Morgan fingerprint density at radius 3 is 2.50 bits per heavy atom. The number of hydrogen-bond donors (Lipinski definition) is 0. The van der Waals surface area contributed by atoms with Crippen LogP contribution in [0.15, 0.2) is 30.3 Å². The molecule has 0 heterocycles. The topological polar surface area (TPSA) is 0 Å². The minimum absolute atomic E-state index is 0.708. The predicted octanol–water partition coefficient (Wildman–Crippen LogP) is 3.40. The number of rotatable bonds is 3. The molecule has 0 amide bonds. The van der Waals surface area contributed by atoms with Crippen LogP contribution in [0, 0.1) is 5.92 Å². The van der Waals surface area contributed by atoms with Crippen molar-refractivity contribution in [1.82, 2.24) is 0 Å². The zero-order valence-corrected chi connectivity index (χ0v) is 8.63. The van der Waals surface area contributed by atoms with Crippen LogP contribution in [0.3, 0.4) is 0 Å². The van der Waals surface area contributed by atoms with E-state index in [1.54, 1.807) is 0 Å². The molecule has 0 aliphatic heterocycles. The number of halogens is 1. The van der Waals surface area contributed by atoms with Gasteiger partial charge < -0.3 is 0 Å². The average molecular weight is 225 g/mol. The Morgan fingerprint density at radius 2 is 1.92 bits per heavy atom. The second kappa shape index (κ2) is 3.61. The molecule has 1 fully saturated rings. The molecule has 0 saturated heterocycles. The maximum atomic E-state index is 3.74. The molecule has 0 spiro atoms. The van der Waals surface area contributed by atoms with Crippen molar-refractivity contribution in [3.05, 3.63) is 35.9 Å². The fourth-order valence-corrected chi connectivity index (χ4v) is 2.37. The summed E-state index contributed by atoms with van der Waals surface area (Å²) < 4.78 is 0. The molecule has 1 aromatic carbocycles. The summed E-state index contributed by atoms with van der Waals surface area (Å²) in [6.45, 7) is 0.